The molecule has 0 radical (unpaired) electrons. The predicted octanol–water partition coefficient (Wildman–Crippen LogP) is 1.22. The summed E-state index contributed by atoms with van der Waals surface area (Å²) in [6, 6.07) is 6.33. The van der Waals surface area contributed by atoms with Crippen LogP contribution in [0.3, 0.4) is 0 Å². The van der Waals surface area contributed by atoms with Crippen molar-refractivity contribution in [1.29, 1.82) is 0 Å². The van der Waals surface area contributed by atoms with Crippen LogP contribution in [0, 0.1) is 0 Å². The number of aldehydes is 1. The van der Waals surface area contributed by atoms with E-state index in [1.807, 2.05) is 0 Å². The molecule has 16 heavy (non-hydrogen) atoms. The molecule has 1 aliphatic rings. The molecule has 1 aliphatic heterocycles. The second kappa shape index (κ2) is 4.14. The zero-order chi connectivity index (χ0) is 11.7. The van der Waals surface area contributed by atoms with Crippen molar-refractivity contribution in [2.45, 2.75) is 11.4 Å². The fraction of sp³-hybridized carbons (Fsp3) is 0.273. The van der Waals surface area contributed by atoms with Crippen LogP contribution in [0.5, 0.6) is 5.75 Å². The normalized spacial score (nSPS) is 23.9. The van der Waals surface area contributed by atoms with Gasteiger partial charge < -0.3 is 9.53 Å². The molecule has 0 aromatic heterocycles. The number of rotatable bonds is 3. The summed E-state index contributed by atoms with van der Waals surface area (Å²) < 4.78 is 5.00. The molecule has 1 heterocycles. The van der Waals surface area contributed by atoms with E-state index >= 15 is 0 Å². The van der Waals surface area contributed by atoms with Gasteiger partial charge in [0.25, 0.3) is 0 Å². The van der Waals surface area contributed by atoms with E-state index in [4.69, 9.17) is 16.3 Å². The average molecular weight is 240 g/mol. The van der Waals surface area contributed by atoms with Crippen molar-refractivity contribution in [3.05, 3.63) is 24.3 Å². The molecule has 1 aromatic carbocycles. The quantitative estimate of drug-likeness (QED) is 0.453. The first-order valence-corrected chi connectivity index (χ1v) is 5.19. The Morgan fingerprint density at radius 2 is 2.00 bits per heavy atom. The molecule has 5 heteroatoms. The van der Waals surface area contributed by atoms with Crippen LogP contribution in [0.4, 0.5) is 5.69 Å². The number of alkyl halides is 1. The molecule has 2 atom stereocenters. The van der Waals surface area contributed by atoms with Crippen molar-refractivity contribution < 1.29 is 14.3 Å². The van der Waals surface area contributed by atoms with Gasteiger partial charge in [-0.05, 0) is 24.3 Å². The van der Waals surface area contributed by atoms with Crippen LogP contribution >= 0.6 is 11.6 Å². The Labute approximate surface area is 97.7 Å². The number of anilines is 1. The standard InChI is InChI=1S/C11H10ClNO3/c1-16-8-4-2-7(3-5-8)13-9(6-14)10(12)11(13)15/h2-6,9-10H,1H3/t9-,10+/m1/s1. The second-order valence-corrected chi connectivity index (χ2v) is 3.90. The number of methoxy groups -OCH3 is 1. The molecule has 0 saturated carbocycles. The van der Waals surface area contributed by atoms with E-state index in [0.717, 1.165) is 0 Å². The number of nitrogens with zero attached hydrogens (tertiary/aromatic N) is 1. The summed E-state index contributed by atoms with van der Waals surface area (Å²) in [6.07, 6.45) is 0.684. The highest BCUT2D eigenvalue weighted by Gasteiger charge is 2.46. The first-order valence-electron chi connectivity index (χ1n) is 4.75. The first-order chi connectivity index (χ1) is 7.69. The van der Waals surface area contributed by atoms with Gasteiger partial charge in [-0.3, -0.25) is 9.69 Å². The van der Waals surface area contributed by atoms with Crippen molar-refractivity contribution >= 4 is 29.5 Å². The summed E-state index contributed by atoms with van der Waals surface area (Å²) in [5.41, 5.74) is 0.653. The lowest BCUT2D eigenvalue weighted by Crippen LogP contribution is -2.63. The number of β-lactam (4-membered cyclic amide) rings is 1. The van der Waals surface area contributed by atoms with Crippen LogP contribution in [0.15, 0.2) is 24.3 Å². The minimum absolute atomic E-state index is 0.246. The van der Waals surface area contributed by atoms with Gasteiger partial charge in [-0.15, -0.1) is 11.6 Å². The highest BCUT2D eigenvalue weighted by Crippen LogP contribution is 2.31. The fourth-order valence-electron chi connectivity index (χ4n) is 1.65. The highest BCUT2D eigenvalue weighted by atomic mass is 35.5. The molecule has 1 fully saturated rings. The number of hydrogen-bond donors (Lipinski definition) is 0. The van der Waals surface area contributed by atoms with Crippen molar-refractivity contribution in [2.24, 2.45) is 0 Å². The Morgan fingerprint density at radius 1 is 1.38 bits per heavy atom. The lowest BCUT2D eigenvalue weighted by atomic mass is 10.0. The SMILES string of the molecule is COc1ccc(N2C(=O)[C@@H](Cl)[C@H]2C=O)cc1. The van der Waals surface area contributed by atoms with Crippen LogP contribution in [0.2, 0.25) is 0 Å². The van der Waals surface area contributed by atoms with Gasteiger partial charge in [-0.2, -0.15) is 0 Å². The van der Waals surface area contributed by atoms with E-state index in [2.05, 4.69) is 0 Å². The number of hydrogen-bond acceptors (Lipinski definition) is 3. The van der Waals surface area contributed by atoms with Crippen LogP contribution < -0.4 is 9.64 Å². The molecule has 1 saturated heterocycles. The summed E-state index contributed by atoms with van der Waals surface area (Å²) in [7, 11) is 1.56. The van der Waals surface area contributed by atoms with E-state index < -0.39 is 11.4 Å². The van der Waals surface area contributed by atoms with Crippen LogP contribution in [-0.2, 0) is 9.59 Å². The van der Waals surface area contributed by atoms with Gasteiger partial charge in [0.2, 0.25) is 5.91 Å². The molecule has 4 nitrogen and oxygen atoms in total. The minimum Gasteiger partial charge on any atom is -0.497 e. The minimum atomic E-state index is -0.736. The van der Waals surface area contributed by atoms with Gasteiger partial charge in [0.15, 0.2) is 0 Å². The van der Waals surface area contributed by atoms with Gasteiger partial charge in [-0.25, -0.2) is 0 Å². The van der Waals surface area contributed by atoms with E-state index in [0.29, 0.717) is 17.7 Å². The van der Waals surface area contributed by atoms with Crippen LogP contribution in [-0.4, -0.2) is 30.7 Å². The monoisotopic (exact) mass is 239 g/mol. The number of ether oxygens (including phenoxy) is 1. The summed E-state index contributed by atoms with van der Waals surface area (Å²) in [4.78, 5) is 23.6. The number of carbonyl (C=O) groups excluding carboxylic acids is 2. The van der Waals surface area contributed by atoms with Crippen LogP contribution in [0.1, 0.15) is 0 Å². The lowest BCUT2D eigenvalue weighted by molar-refractivity contribution is -0.127. The third kappa shape index (κ3) is 1.55. The lowest BCUT2D eigenvalue weighted by Gasteiger charge is -2.40. The van der Waals surface area contributed by atoms with Crippen molar-refractivity contribution in [2.75, 3.05) is 12.0 Å². The molecule has 0 bridgehead atoms. The maximum Gasteiger partial charge on any atom is 0.248 e. The van der Waals surface area contributed by atoms with Crippen molar-refractivity contribution in [3.63, 3.8) is 0 Å². The summed E-state index contributed by atoms with van der Waals surface area (Å²) in [5.74, 6) is 0.450. The Bertz CT molecular complexity index is 418. The topological polar surface area (TPSA) is 46.6 Å². The van der Waals surface area contributed by atoms with E-state index in [-0.39, 0.29) is 5.91 Å². The molecule has 0 unspecified atom stereocenters. The molecule has 1 amide bonds. The Morgan fingerprint density at radius 3 is 2.50 bits per heavy atom. The number of halogens is 1. The van der Waals surface area contributed by atoms with E-state index in [1.54, 1.807) is 31.4 Å². The Kier molecular flexibility index (Phi) is 2.83. The maximum absolute atomic E-state index is 11.5. The maximum atomic E-state index is 11.5. The molecule has 0 aliphatic carbocycles. The van der Waals surface area contributed by atoms with Gasteiger partial charge in [0.05, 0.1) is 7.11 Å². The predicted molar refractivity (Wildman–Crippen MR) is 60.0 cm³/mol. The second-order valence-electron chi connectivity index (χ2n) is 3.43. The fourth-order valence-corrected chi connectivity index (χ4v) is 1.92. The highest BCUT2D eigenvalue weighted by molar-refractivity contribution is 6.39. The smallest absolute Gasteiger partial charge is 0.248 e. The molecular formula is C11H10ClNO3. The first kappa shape index (κ1) is 11.0. The average Bonchev–Trinajstić information content (AvgIpc) is 2.34. The Balaban J connectivity index is 2.24. The molecular weight excluding hydrogens is 230 g/mol. The third-order valence-electron chi connectivity index (χ3n) is 2.56. The van der Waals surface area contributed by atoms with Gasteiger partial charge in [0, 0.05) is 5.69 Å². The summed E-state index contributed by atoms with van der Waals surface area (Å²) in [5, 5.41) is -0.736. The van der Waals surface area contributed by atoms with E-state index in [9.17, 15) is 9.59 Å². The zero-order valence-corrected chi connectivity index (χ0v) is 9.35. The zero-order valence-electron chi connectivity index (χ0n) is 8.59. The van der Waals surface area contributed by atoms with Gasteiger partial charge in [-0.1, -0.05) is 0 Å². The number of amides is 1. The molecule has 0 N–H and O–H groups in total. The molecule has 84 valence electrons. The van der Waals surface area contributed by atoms with Gasteiger partial charge >= 0.3 is 0 Å². The van der Waals surface area contributed by atoms with Crippen LogP contribution in [0.25, 0.3) is 0 Å². The van der Waals surface area contributed by atoms with E-state index in [1.165, 1.54) is 4.90 Å². The number of carbonyl (C=O) groups is 2. The number of benzene rings is 1. The summed E-state index contributed by atoms with van der Waals surface area (Å²) in [6.45, 7) is 0. The molecule has 1 aromatic rings. The molecule has 0 spiro atoms. The molecule has 2 rings (SSSR count). The largest absolute Gasteiger partial charge is 0.497 e. The summed E-state index contributed by atoms with van der Waals surface area (Å²) >= 11 is 5.72. The third-order valence-corrected chi connectivity index (χ3v) is 3.01. The van der Waals surface area contributed by atoms with Crippen molar-refractivity contribution in [1.82, 2.24) is 0 Å². The van der Waals surface area contributed by atoms with Gasteiger partial charge in [0.1, 0.15) is 23.5 Å². The van der Waals surface area contributed by atoms with Crippen molar-refractivity contribution in [3.8, 4) is 5.75 Å². The Hall–Kier alpha value is -1.55.